The molecule has 2 N–H and O–H groups in total. The fraction of sp³-hybridized carbons (Fsp3) is 0.300. The Hall–Kier alpha value is -1.35. The molecule has 0 bridgehead atoms. The van der Waals surface area contributed by atoms with E-state index in [1.807, 2.05) is 12.1 Å². The van der Waals surface area contributed by atoms with Crippen LogP contribution in [0.15, 0.2) is 24.3 Å². The topological polar surface area (TPSA) is 53.3 Å². The molecule has 0 radical (unpaired) electrons. The number of ether oxygens (including phenoxy) is 1. The first kappa shape index (κ1) is 9.74. The average Bonchev–Trinajstić information content (AvgIpc) is 2.15. The Balaban J connectivity index is 2.64. The van der Waals surface area contributed by atoms with Gasteiger partial charge in [0.05, 0.1) is 6.61 Å². The Labute approximate surface area is 77.5 Å². The second kappa shape index (κ2) is 4.62. The number of aliphatic hydroxyl groups excluding tert-OH is 1. The van der Waals surface area contributed by atoms with Crippen molar-refractivity contribution in [1.82, 2.24) is 0 Å². The van der Waals surface area contributed by atoms with Crippen LogP contribution in [0.25, 0.3) is 0 Å². The van der Waals surface area contributed by atoms with E-state index in [1.54, 1.807) is 19.1 Å². The summed E-state index contributed by atoms with van der Waals surface area (Å²) in [6.45, 7) is 2.07. The lowest BCUT2D eigenvalue weighted by Crippen LogP contribution is -2.01. The fourth-order valence-corrected chi connectivity index (χ4v) is 0.965. The van der Waals surface area contributed by atoms with Gasteiger partial charge in [0.2, 0.25) is 0 Å². The number of aliphatic hydroxyl groups is 1. The lowest BCUT2D eigenvalue weighted by atomic mass is 10.1. The maximum atomic E-state index is 8.51. The molecule has 0 saturated heterocycles. The van der Waals surface area contributed by atoms with Crippen LogP contribution >= 0.6 is 0 Å². The van der Waals surface area contributed by atoms with Crippen molar-refractivity contribution in [2.45, 2.75) is 6.92 Å². The van der Waals surface area contributed by atoms with Gasteiger partial charge in [-0.05, 0) is 36.8 Å². The molecular weight excluding hydrogens is 166 g/mol. The van der Waals surface area contributed by atoms with E-state index >= 15 is 0 Å². The summed E-state index contributed by atoms with van der Waals surface area (Å²) in [7, 11) is 0. The van der Waals surface area contributed by atoms with Crippen LogP contribution in [-0.4, -0.2) is 24.0 Å². The summed E-state index contributed by atoms with van der Waals surface area (Å²) in [5, 5.41) is 15.9. The first-order valence-electron chi connectivity index (χ1n) is 4.13. The molecule has 0 spiro atoms. The van der Waals surface area contributed by atoms with Crippen molar-refractivity contribution >= 4 is 5.71 Å². The highest BCUT2D eigenvalue weighted by Crippen LogP contribution is 2.11. The Morgan fingerprint density at radius 3 is 2.46 bits per heavy atom. The van der Waals surface area contributed by atoms with Gasteiger partial charge in [0.1, 0.15) is 12.4 Å². The summed E-state index contributed by atoms with van der Waals surface area (Å²) in [5.74, 6) is 0.721. The molecule has 1 aromatic carbocycles. The predicted molar refractivity (Wildman–Crippen MR) is 51.5 cm³/mol. The van der Waals surface area contributed by atoms with Crippen LogP contribution in [0.2, 0.25) is 0 Å². The van der Waals surface area contributed by atoms with Gasteiger partial charge in [0.25, 0.3) is 0 Å². The summed E-state index contributed by atoms with van der Waals surface area (Å²) in [5.41, 5.74) is 1.42. The highest BCUT2D eigenvalue weighted by Gasteiger charge is 1.95. The van der Waals surface area contributed by atoms with Gasteiger partial charge in [-0.25, -0.2) is 0 Å². The van der Waals surface area contributed by atoms with Crippen molar-refractivity contribution in [2.75, 3.05) is 13.2 Å². The molecule has 0 unspecified atom stereocenters. The summed E-state index contributed by atoms with van der Waals surface area (Å²) < 4.78 is 5.17. The molecule has 70 valence electrons. The van der Waals surface area contributed by atoms with Crippen molar-refractivity contribution < 1.29 is 9.84 Å². The first-order valence-corrected chi connectivity index (χ1v) is 4.13. The van der Waals surface area contributed by atoms with Crippen molar-refractivity contribution in [3.63, 3.8) is 0 Å². The first-order chi connectivity index (χ1) is 6.24. The highest BCUT2D eigenvalue weighted by molar-refractivity contribution is 5.96. The molecule has 3 heteroatoms. The molecule has 0 aliphatic heterocycles. The van der Waals surface area contributed by atoms with Crippen LogP contribution in [0.1, 0.15) is 12.5 Å². The summed E-state index contributed by atoms with van der Waals surface area (Å²) in [6.07, 6.45) is 0. The zero-order valence-corrected chi connectivity index (χ0v) is 7.58. The number of rotatable bonds is 4. The van der Waals surface area contributed by atoms with Crippen LogP contribution in [0.5, 0.6) is 5.75 Å². The highest BCUT2D eigenvalue weighted by atomic mass is 16.5. The number of nitrogens with one attached hydrogen (secondary N) is 1. The van der Waals surface area contributed by atoms with Crippen molar-refractivity contribution in [1.29, 1.82) is 5.41 Å². The zero-order valence-electron chi connectivity index (χ0n) is 7.58. The Morgan fingerprint density at radius 1 is 1.38 bits per heavy atom. The van der Waals surface area contributed by atoms with Gasteiger partial charge in [0, 0.05) is 5.71 Å². The minimum Gasteiger partial charge on any atom is -0.491 e. The smallest absolute Gasteiger partial charge is 0.119 e. The van der Waals surface area contributed by atoms with E-state index in [2.05, 4.69) is 0 Å². The van der Waals surface area contributed by atoms with Gasteiger partial charge in [-0.1, -0.05) is 0 Å². The fourth-order valence-electron chi connectivity index (χ4n) is 0.965. The third-order valence-electron chi connectivity index (χ3n) is 1.65. The van der Waals surface area contributed by atoms with Crippen molar-refractivity contribution in [2.24, 2.45) is 0 Å². The van der Waals surface area contributed by atoms with Gasteiger partial charge in [-0.2, -0.15) is 0 Å². The third kappa shape index (κ3) is 2.87. The summed E-state index contributed by atoms with van der Waals surface area (Å²) in [4.78, 5) is 0. The minimum absolute atomic E-state index is 0.0192. The molecule has 0 aliphatic carbocycles. The molecule has 0 aliphatic rings. The van der Waals surface area contributed by atoms with Gasteiger partial charge < -0.3 is 15.3 Å². The molecule has 1 rings (SSSR count). The molecule has 13 heavy (non-hydrogen) atoms. The number of hydrogen-bond acceptors (Lipinski definition) is 3. The maximum Gasteiger partial charge on any atom is 0.119 e. The van der Waals surface area contributed by atoms with Crippen LogP contribution < -0.4 is 4.74 Å². The standard InChI is InChI=1S/C10H13NO2/c1-8(11)9-2-4-10(5-3-9)13-7-6-12/h2-5,11-12H,6-7H2,1H3. The second-order valence-corrected chi connectivity index (χ2v) is 2.72. The average molecular weight is 179 g/mol. The second-order valence-electron chi connectivity index (χ2n) is 2.72. The molecule has 0 amide bonds. The maximum absolute atomic E-state index is 8.51. The van der Waals surface area contributed by atoms with Crippen LogP contribution in [-0.2, 0) is 0 Å². The van der Waals surface area contributed by atoms with Gasteiger partial charge in [-0.3, -0.25) is 0 Å². The van der Waals surface area contributed by atoms with Gasteiger partial charge in [-0.15, -0.1) is 0 Å². The monoisotopic (exact) mass is 179 g/mol. The SMILES string of the molecule is CC(=N)c1ccc(OCCO)cc1. The third-order valence-corrected chi connectivity index (χ3v) is 1.65. The molecule has 1 aromatic rings. The van der Waals surface area contributed by atoms with E-state index in [0.717, 1.165) is 11.3 Å². The van der Waals surface area contributed by atoms with Crippen LogP contribution in [0, 0.1) is 5.41 Å². The molecule has 0 aromatic heterocycles. The predicted octanol–water partition coefficient (Wildman–Crippen LogP) is 1.45. The van der Waals surface area contributed by atoms with Crippen molar-refractivity contribution in [3.05, 3.63) is 29.8 Å². The molecule has 3 nitrogen and oxygen atoms in total. The zero-order chi connectivity index (χ0) is 9.68. The number of hydrogen-bond donors (Lipinski definition) is 2. The molecule has 0 heterocycles. The Bertz CT molecular complexity index is 279. The van der Waals surface area contributed by atoms with E-state index in [1.165, 1.54) is 0 Å². The molecule has 0 saturated carbocycles. The van der Waals surface area contributed by atoms with Gasteiger partial charge in [0.15, 0.2) is 0 Å². The Kier molecular flexibility index (Phi) is 3.46. The van der Waals surface area contributed by atoms with Crippen molar-refractivity contribution in [3.8, 4) is 5.75 Å². The summed E-state index contributed by atoms with van der Waals surface area (Å²) >= 11 is 0. The van der Waals surface area contributed by atoms with E-state index < -0.39 is 0 Å². The van der Waals surface area contributed by atoms with E-state index in [0.29, 0.717) is 12.3 Å². The molecule has 0 fully saturated rings. The summed E-state index contributed by atoms with van der Waals surface area (Å²) in [6, 6.07) is 7.25. The van der Waals surface area contributed by atoms with E-state index in [9.17, 15) is 0 Å². The van der Waals surface area contributed by atoms with Crippen LogP contribution in [0.4, 0.5) is 0 Å². The van der Waals surface area contributed by atoms with E-state index in [4.69, 9.17) is 15.3 Å². The quantitative estimate of drug-likeness (QED) is 0.687. The minimum atomic E-state index is 0.0192. The Morgan fingerprint density at radius 2 is 2.00 bits per heavy atom. The number of benzene rings is 1. The normalized spacial score (nSPS) is 9.69. The lowest BCUT2D eigenvalue weighted by Gasteiger charge is -2.04. The molecular formula is C10H13NO2. The van der Waals surface area contributed by atoms with Gasteiger partial charge >= 0.3 is 0 Å². The lowest BCUT2D eigenvalue weighted by molar-refractivity contribution is 0.201. The largest absolute Gasteiger partial charge is 0.491 e. The van der Waals surface area contributed by atoms with E-state index in [-0.39, 0.29) is 6.61 Å². The molecule has 0 atom stereocenters. The van der Waals surface area contributed by atoms with Crippen LogP contribution in [0.3, 0.4) is 0 Å².